The first-order valence-corrected chi connectivity index (χ1v) is 6.53. The Bertz CT molecular complexity index is 596. The zero-order valence-corrected chi connectivity index (χ0v) is 11.5. The quantitative estimate of drug-likeness (QED) is 0.879. The molecular formula is C15H13ClF3N. The van der Waals surface area contributed by atoms with Crippen LogP contribution in [-0.4, -0.2) is 6.54 Å². The Kier molecular flexibility index (Phi) is 4.68. The minimum Gasteiger partial charge on any atom is -0.307 e. The van der Waals surface area contributed by atoms with Gasteiger partial charge in [-0.25, -0.2) is 13.2 Å². The van der Waals surface area contributed by atoms with Crippen LogP contribution in [0.3, 0.4) is 0 Å². The Labute approximate surface area is 120 Å². The third-order valence-electron chi connectivity index (χ3n) is 2.90. The van der Waals surface area contributed by atoms with Crippen LogP contribution in [0.5, 0.6) is 0 Å². The Morgan fingerprint density at radius 3 is 2.20 bits per heavy atom. The van der Waals surface area contributed by atoms with Gasteiger partial charge in [-0.2, -0.15) is 0 Å². The fourth-order valence-corrected chi connectivity index (χ4v) is 2.18. The molecule has 1 N–H and O–H groups in total. The van der Waals surface area contributed by atoms with Crippen molar-refractivity contribution in [2.24, 2.45) is 0 Å². The number of rotatable bonds is 4. The molecule has 0 radical (unpaired) electrons. The summed E-state index contributed by atoms with van der Waals surface area (Å²) >= 11 is 5.64. The molecule has 2 aromatic carbocycles. The number of halogens is 4. The summed E-state index contributed by atoms with van der Waals surface area (Å²) in [5.74, 6) is -1.90. The monoisotopic (exact) mass is 299 g/mol. The summed E-state index contributed by atoms with van der Waals surface area (Å²) in [6.07, 6.45) is 0. The second-order valence-corrected chi connectivity index (χ2v) is 4.77. The van der Waals surface area contributed by atoms with Crippen molar-refractivity contribution in [1.29, 1.82) is 0 Å². The molecule has 0 heterocycles. The zero-order valence-electron chi connectivity index (χ0n) is 10.8. The zero-order chi connectivity index (χ0) is 14.7. The topological polar surface area (TPSA) is 12.0 Å². The van der Waals surface area contributed by atoms with Crippen LogP contribution in [0.2, 0.25) is 5.02 Å². The van der Waals surface area contributed by atoms with Crippen molar-refractivity contribution in [2.45, 2.75) is 13.0 Å². The summed E-state index contributed by atoms with van der Waals surface area (Å²) in [6.45, 7) is 2.42. The molecule has 0 aliphatic rings. The van der Waals surface area contributed by atoms with Crippen LogP contribution in [0, 0.1) is 17.5 Å². The van der Waals surface area contributed by atoms with Gasteiger partial charge in [-0.15, -0.1) is 0 Å². The van der Waals surface area contributed by atoms with Gasteiger partial charge in [0.05, 0.1) is 11.1 Å². The fraction of sp³-hybridized carbons (Fsp3) is 0.200. The molecule has 0 aliphatic heterocycles. The first kappa shape index (κ1) is 14.9. The van der Waals surface area contributed by atoms with E-state index in [0.29, 0.717) is 17.7 Å². The van der Waals surface area contributed by atoms with Gasteiger partial charge in [-0.05, 0) is 41.9 Å². The Balaban J connectivity index is 2.46. The van der Waals surface area contributed by atoms with E-state index in [9.17, 15) is 13.2 Å². The second-order valence-electron chi connectivity index (χ2n) is 4.37. The van der Waals surface area contributed by atoms with E-state index >= 15 is 0 Å². The third-order valence-corrected chi connectivity index (χ3v) is 3.21. The molecule has 2 aromatic rings. The lowest BCUT2D eigenvalue weighted by Crippen LogP contribution is -2.22. The maximum absolute atomic E-state index is 13.5. The van der Waals surface area contributed by atoms with Crippen LogP contribution >= 0.6 is 11.6 Å². The molecule has 20 heavy (non-hydrogen) atoms. The normalized spacial score (nSPS) is 12.4. The van der Waals surface area contributed by atoms with Crippen molar-refractivity contribution in [1.82, 2.24) is 5.32 Å². The maximum Gasteiger partial charge on any atom is 0.142 e. The van der Waals surface area contributed by atoms with Crippen LogP contribution in [0.15, 0.2) is 36.4 Å². The Morgan fingerprint density at radius 1 is 1.00 bits per heavy atom. The largest absolute Gasteiger partial charge is 0.307 e. The first-order valence-electron chi connectivity index (χ1n) is 6.15. The van der Waals surface area contributed by atoms with Gasteiger partial charge in [0.15, 0.2) is 0 Å². The lowest BCUT2D eigenvalue weighted by atomic mass is 9.98. The molecule has 0 saturated carbocycles. The molecule has 2 rings (SSSR count). The van der Waals surface area contributed by atoms with Gasteiger partial charge < -0.3 is 5.32 Å². The van der Waals surface area contributed by atoms with Crippen molar-refractivity contribution in [2.75, 3.05) is 6.54 Å². The molecule has 0 amide bonds. The van der Waals surface area contributed by atoms with Gasteiger partial charge in [-0.1, -0.05) is 24.6 Å². The molecule has 0 spiro atoms. The molecule has 0 bridgehead atoms. The molecule has 0 fully saturated rings. The van der Waals surface area contributed by atoms with Crippen molar-refractivity contribution < 1.29 is 13.2 Å². The smallest absolute Gasteiger partial charge is 0.142 e. The highest BCUT2D eigenvalue weighted by molar-refractivity contribution is 6.30. The number of hydrogen-bond donors (Lipinski definition) is 1. The molecule has 1 atom stereocenters. The van der Waals surface area contributed by atoms with Crippen molar-refractivity contribution in [3.8, 4) is 0 Å². The average molecular weight is 300 g/mol. The molecular weight excluding hydrogens is 287 g/mol. The summed E-state index contributed by atoms with van der Waals surface area (Å²) in [5, 5.41) is 3.08. The van der Waals surface area contributed by atoms with E-state index in [4.69, 9.17) is 11.6 Å². The van der Waals surface area contributed by atoms with Gasteiger partial charge in [0.25, 0.3) is 0 Å². The molecule has 0 aromatic heterocycles. The minimum atomic E-state index is -0.669. The van der Waals surface area contributed by atoms with Gasteiger partial charge in [0, 0.05) is 6.07 Å². The summed E-state index contributed by atoms with van der Waals surface area (Å²) in [5.41, 5.74) is 0.949. The van der Waals surface area contributed by atoms with E-state index in [1.165, 1.54) is 24.3 Å². The Hall–Kier alpha value is -1.52. The van der Waals surface area contributed by atoms with E-state index in [1.807, 2.05) is 6.92 Å². The van der Waals surface area contributed by atoms with Gasteiger partial charge >= 0.3 is 0 Å². The van der Waals surface area contributed by atoms with Crippen LogP contribution in [-0.2, 0) is 0 Å². The SMILES string of the molecule is CCNC(c1cc(F)cc(F)c1)c1ccc(Cl)c(F)c1. The highest BCUT2D eigenvalue weighted by atomic mass is 35.5. The molecule has 1 unspecified atom stereocenters. The molecule has 1 nitrogen and oxygen atoms in total. The van der Waals surface area contributed by atoms with E-state index in [1.54, 1.807) is 6.07 Å². The van der Waals surface area contributed by atoms with E-state index in [2.05, 4.69) is 5.32 Å². The minimum absolute atomic E-state index is 0.00872. The van der Waals surface area contributed by atoms with Crippen molar-refractivity contribution in [3.63, 3.8) is 0 Å². The van der Waals surface area contributed by atoms with Crippen LogP contribution in [0.25, 0.3) is 0 Å². The summed E-state index contributed by atoms with van der Waals surface area (Å²) in [6, 6.07) is 7.06. The highest BCUT2D eigenvalue weighted by Crippen LogP contribution is 2.26. The van der Waals surface area contributed by atoms with E-state index < -0.39 is 23.5 Å². The third kappa shape index (κ3) is 3.32. The van der Waals surface area contributed by atoms with Crippen molar-refractivity contribution >= 4 is 11.6 Å². The summed E-state index contributed by atoms with van der Waals surface area (Å²) in [4.78, 5) is 0. The summed E-state index contributed by atoms with van der Waals surface area (Å²) in [7, 11) is 0. The Morgan fingerprint density at radius 2 is 1.65 bits per heavy atom. The van der Waals surface area contributed by atoms with Gasteiger partial charge in [0.1, 0.15) is 17.5 Å². The van der Waals surface area contributed by atoms with Crippen LogP contribution in [0.1, 0.15) is 24.1 Å². The second kappa shape index (κ2) is 6.29. The van der Waals surface area contributed by atoms with Gasteiger partial charge in [-0.3, -0.25) is 0 Å². The fourth-order valence-electron chi connectivity index (χ4n) is 2.07. The lowest BCUT2D eigenvalue weighted by Gasteiger charge is -2.19. The average Bonchev–Trinajstić information content (AvgIpc) is 2.38. The van der Waals surface area contributed by atoms with E-state index in [0.717, 1.165) is 6.07 Å². The van der Waals surface area contributed by atoms with Crippen molar-refractivity contribution in [3.05, 3.63) is 70.0 Å². The maximum atomic E-state index is 13.5. The molecule has 106 valence electrons. The predicted molar refractivity (Wildman–Crippen MR) is 73.3 cm³/mol. The highest BCUT2D eigenvalue weighted by Gasteiger charge is 2.16. The predicted octanol–water partition coefficient (Wildman–Crippen LogP) is 4.46. The molecule has 0 aliphatic carbocycles. The lowest BCUT2D eigenvalue weighted by molar-refractivity contribution is 0.563. The number of benzene rings is 2. The standard InChI is InChI=1S/C15H13ClF3N/c1-2-20-15(9-3-4-13(16)14(19)7-9)10-5-11(17)8-12(18)6-10/h3-8,15,20H,2H2,1H3. The molecule has 0 saturated heterocycles. The van der Waals surface area contributed by atoms with Crippen LogP contribution < -0.4 is 5.32 Å². The first-order chi connectivity index (χ1) is 9.51. The summed E-state index contributed by atoms with van der Waals surface area (Å²) < 4.78 is 40.2. The van der Waals surface area contributed by atoms with Gasteiger partial charge in [0.2, 0.25) is 0 Å². The molecule has 5 heteroatoms. The van der Waals surface area contributed by atoms with E-state index in [-0.39, 0.29) is 5.02 Å². The van der Waals surface area contributed by atoms with Crippen LogP contribution in [0.4, 0.5) is 13.2 Å². The number of hydrogen-bond acceptors (Lipinski definition) is 1. The number of nitrogens with one attached hydrogen (secondary N) is 1.